The van der Waals surface area contributed by atoms with Crippen molar-refractivity contribution in [2.75, 3.05) is 0 Å². The predicted molar refractivity (Wildman–Crippen MR) is 59.4 cm³/mol. The molecule has 3 nitrogen and oxygen atoms in total. The Morgan fingerprint density at radius 2 is 2.40 bits per heavy atom. The van der Waals surface area contributed by atoms with E-state index in [1.54, 1.807) is 12.5 Å². The second-order valence-electron chi connectivity index (χ2n) is 4.03. The largest absolute Gasteiger partial charge is 0.382 e. The molecule has 1 unspecified atom stereocenters. The molecule has 82 valence electrons. The van der Waals surface area contributed by atoms with Gasteiger partial charge in [-0.3, -0.25) is 0 Å². The van der Waals surface area contributed by atoms with Crippen molar-refractivity contribution in [1.29, 1.82) is 0 Å². The van der Waals surface area contributed by atoms with Gasteiger partial charge in [0, 0.05) is 6.54 Å². The highest BCUT2D eigenvalue weighted by Gasteiger charge is 2.18. The van der Waals surface area contributed by atoms with Crippen LogP contribution in [0, 0.1) is 0 Å². The number of nitrogens with zero attached hydrogens (tertiary/aromatic N) is 2. The van der Waals surface area contributed by atoms with Gasteiger partial charge in [0.2, 0.25) is 0 Å². The quantitative estimate of drug-likeness (QED) is 0.771. The number of aryl methyl sites for hydroxylation is 1. The molecule has 1 aromatic rings. The van der Waals surface area contributed by atoms with Gasteiger partial charge in [0.25, 0.3) is 0 Å². The number of hydrogen-bond acceptors (Lipinski definition) is 2. The van der Waals surface area contributed by atoms with Crippen molar-refractivity contribution in [3.63, 3.8) is 0 Å². The highest BCUT2D eigenvalue weighted by atomic mass is 16.3. The summed E-state index contributed by atoms with van der Waals surface area (Å²) < 4.78 is 2.00. The second-order valence-corrected chi connectivity index (χ2v) is 4.03. The van der Waals surface area contributed by atoms with E-state index in [-0.39, 0.29) is 0 Å². The van der Waals surface area contributed by atoms with Gasteiger partial charge in [-0.2, -0.15) is 0 Å². The average Bonchev–Trinajstić information content (AvgIpc) is 2.77. The lowest BCUT2D eigenvalue weighted by atomic mass is 9.94. The van der Waals surface area contributed by atoms with Crippen LogP contribution in [0.4, 0.5) is 0 Å². The lowest BCUT2D eigenvalue weighted by molar-refractivity contribution is 0.198. The summed E-state index contributed by atoms with van der Waals surface area (Å²) in [7, 11) is 0. The van der Waals surface area contributed by atoms with Gasteiger partial charge in [0.15, 0.2) is 0 Å². The van der Waals surface area contributed by atoms with Gasteiger partial charge in [-0.1, -0.05) is 6.08 Å². The molecule has 0 spiro atoms. The van der Waals surface area contributed by atoms with Crippen LogP contribution in [0.1, 0.15) is 44.4 Å². The Bertz CT molecular complexity index is 354. The van der Waals surface area contributed by atoms with Crippen molar-refractivity contribution < 1.29 is 5.11 Å². The molecular formula is C12H18N2O. The third-order valence-corrected chi connectivity index (χ3v) is 3.04. The Balaban J connectivity index is 2.19. The molecule has 2 rings (SSSR count). The third kappa shape index (κ3) is 2.12. The number of aliphatic hydroxyl groups excluding tert-OH is 1. The molecule has 0 aliphatic heterocycles. The monoisotopic (exact) mass is 206 g/mol. The van der Waals surface area contributed by atoms with Crippen LogP contribution in [0.15, 0.2) is 24.2 Å². The van der Waals surface area contributed by atoms with Crippen molar-refractivity contribution in [1.82, 2.24) is 9.55 Å². The van der Waals surface area contributed by atoms with Gasteiger partial charge in [-0.05, 0) is 38.2 Å². The summed E-state index contributed by atoms with van der Waals surface area (Å²) in [5.41, 5.74) is 2.09. The smallest absolute Gasteiger partial charge is 0.117 e. The first-order valence-corrected chi connectivity index (χ1v) is 5.70. The van der Waals surface area contributed by atoms with Crippen LogP contribution in [0.25, 0.3) is 0 Å². The summed E-state index contributed by atoms with van der Waals surface area (Å²) in [6, 6.07) is 0. The van der Waals surface area contributed by atoms with Crippen LogP contribution in [-0.4, -0.2) is 14.7 Å². The summed E-state index contributed by atoms with van der Waals surface area (Å²) in [4.78, 5) is 4.08. The van der Waals surface area contributed by atoms with Gasteiger partial charge < -0.3 is 9.67 Å². The van der Waals surface area contributed by atoms with E-state index in [1.165, 1.54) is 12.8 Å². The Morgan fingerprint density at radius 1 is 1.53 bits per heavy atom. The van der Waals surface area contributed by atoms with Crippen molar-refractivity contribution >= 4 is 0 Å². The number of imidazole rings is 1. The predicted octanol–water partition coefficient (Wildman–Crippen LogP) is 2.44. The van der Waals surface area contributed by atoms with Crippen LogP contribution in [0.5, 0.6) is 0 Å². The molecule has 0 radical (unpaired) electrons. The standard InChI is InChI=1S/C12H18N2O/c1-2-14-9-13-8-11(14)12(15)10-6-4-3-5-7-10/h6,8-9,12,15H,2-5,7H2,1H3. The Morgan fingerprint density at radius 3 is 3.07 bits per heavy atom. The molecule has 1 aliphatic carbocycles. The summed E-state index contributed by atoms with van der Waals surface area (Å²) in [5.74, 6) is 0. The summed E-state index contributed by atoms with van der Waals surface area (Å²) in [6.45, 7) is 2.92. The second kappa shape index (κ2) is 4.62. The highest BCUT2D eigenvalue weighted by Crippen LogP contribution is 2.29. The first kappa shape index (κ1) is 10.4. The van der Waals surface area contributed by atoms with Crippen molar-refractivity contribution in [3.8, 4) is 0 Å². The number of allylic oxidation sites excluding steroid dienone is 1. The van der Waals surface area contributed by atoms with E-state index in [9.17, 15) is 5.11 Å². The topological polar surface area (TPSA) is 38.0 Å². The molecular weight excluding hydrogens is 188 g/mol. The van der Waals surface area contributed by atoms with Gasteiger partial charge in [-0.15, -0.1) is 0 Å². The van der Waals surface area contributed by atoms with Gasteiger partial charge in [0.1, 0.15) is 6.10 Å². The number of aromatic nitrogens is 2. The molecule has 15 heavy (non-hydrogen) atoms. The maximum Gasteiger partial charge on any atom is 0.117 e. The Labute approximate surface area is 90.5 Å². The van der Waals surface area contributed by atoms with E-state index in [4.69, 9.17) is 0 Å². The molecule has 0 saturated carbocycles. The number of hydrogen-bond donors (Lipinski definition) is 1. The lowest BCUT2D eigenvalue weighted by Gasteiger charge is -2.19. The zero-order valence-electron chi connectivity index (χ0n) is 9.19. The zero-order chi connectivity index (χ0) is 10.7. The van der Waals surface area contributed by atoms with E-state index in [1.807, 2.05) is 4.57 Å². The van der Waals surface area contributed by atoms with Crippen LogP contribution in [0.2, 0.25) is 0 Å². The molecule has 1 aliphatic rings. The Kier molecular flexibility index (Phi) is 3.21. The van der Waals surface area contributed by atoms with E-state index >= 15 is 0 Å². The molecule has 1 aromatic heterocycles. The highest BCUT2D eigenvalue weighted by molar-refractivity contribution is 5.20. The molecule has 0 aromatic carbocycles. The minimum Gasteiger partial charge on any atom is -0.382 e. The maximum atomic E-state index is 10.2. The molecule has 0 bridgehead atoms. The maximum absolute atomic E-state index is 10.2. The van der Waals surface area contributed by atoms with E-state index in [0.717, 1.165) is 30.7 Å². The van der Waals surface area contributed by atoms with Gasteiger partial charge >= 0.3 is 0 Å². The van der Waals surface area contributed by atoms with Crippen molar-refractivity contribution in [2.24, 2.45) is 0 Å². The molecule has 0 fully saturated rings. The first-order valence-electron chi connectivity index (χ1n) is 5.70. The minimum absolute atomic E-state index is 0.451. The fourth-order valence-electron chi connectivity index (χ4n) is 2.12. The average molecular weight is 206 g/mol. The SMILES string of the molecule is CCn1cncc1C(O)C1=CCCCC1. The molecule has 0 saturated heterocycles. The molecule has 1 atom stereocenters. The molecule has 1 N–H and O–H groups in total. The van der Waals surface area contributed by atoms with Crippen LogP contribution in [-0.2, 0) is 6.54 Å². The van der Waals surface area contributed by atoms with E-state index < -0.39 is 6.10 Å². The summed E-state index contributed by atoms with van der Waals surface area (Å²) in [6.07, 6.45) is 9.86. The zero-order valence-corrected chi connectivity index (χ0v) is 9.19. The van der Waals surface area contributed by atoms with Crippen molar-refractivity contribution in [2.45, 2.75) is 45.3 Å². The number of rotatable bonds is 3. The fourth-order valence-corrected chi connectivity index (χ4v) is 2.12. The lowest BCUT2D eigenvalue weighted by Crippen LogP contribution is -2.10. The normalized spacial score (nSPS) is 18.7. The molecule has 1 heterocycles. The van der Waals surface area contributed by atoms with Crippen molar-refractivity contribution in [3.05, 3.63) is 29.9 Å². The Hall–Kier alpha value is -1.09. The van der Waals surface area contributed by atoms with E-state index in [2.05, 4.69) is 18.0 Å². The molecule has 3 heteroatoms. The van der Waals surface area contributed by atoms with Gasteiger partial charge in [-0.25, -0.2) is 4.98 Å². The third-order valence-electron chi connectivity index (χ3n) is 3.04. The van der Waals surface area contributed by atoms with E-state index in [0.29, 0.717) is 0 Å². The minimum atomic E-state index is -0.451. The van der Waals surface area contributed by atoms with Crippen LogP contribution in [0.3, 0.4) is 0 Å². The first-order chi connectivity index (χ1) is 7.33. The summed E-state index contributed by atoms with van der Waals surface area (Å²) in [5, 5.41) is 10.2. The van der Waals surface area contributed by atoms with Crippen LogP contribution >= 0.6 is 0 Å². The van der Waals surface area contributed by atoms with Gasteiger partial charge in [0.05, 0.1) is 18.2 Å². The molecule has 0 amide bonds. The number of aliphatic hydroxyl groups is 1. The summed E-state index contributed by atoms with van der Waals surface area (Å²) >= 11 is 0. The van der Waals surface area contributed by atoms with Crippen LogP contribution < -0.4 is 0 Å². The fraction of sp³-hybridized carbons (Fsp3) is 0.583.